The van der Waals surface area contributed by atoms with Crippen molar-refractivity contribution in [2.45, 2.75) is 37.5 Å². The predicted octanol–water partition coefficient (Wildman–Crippen LogP) is 6.45. The molecule has 42 heavy (non-hydrogen) atoms. The number of piperazine rings is 1. The molecule has 3 aromatic carbocycles. The first-order chi connectivity index (χ1) is 19.1. The smallest absolute Gasteiger partial charge is 0.130 e. The van der Waals surface area contributed by atoms with Gasteiger partial charge in [0.25, 0.3) is 0 Å². The minimum Gasteiger partial charge on any atom is -0.490 e. The quantitative estimate of drug-likeness (QED) is 0.217. The van der Waals surface area contributed by atoms with Crippen LogP contribution in [0, 0.1) is 0 Å². The Kier molecular flexibility index (Phi) is 10.8. The topological polar surface area (TPSA) is 48.8 Å². The molecule has 5 nitrogen and oxygen atoms in total. The van der Waals surface area contributed by atoms with E-state index < -0.39 is 6.10 Å². The van der Waals surface area contributed by atoms with Gasteiger partial charge in [0.1, 0.15) is 18.5 Å². The molecule has 1 saturated heterocycles. The lowest BCUT2D eigenvalue weighted by atomic mass is 9.95. The first kappa shape index (κ1) is 32.6. The maximum absolute atomic E-state index is 11.0. The van der Waals surface area contributed by atoms with E-state index in [-0.39, 0.29) is 47.1 Å². The van der Waals surface area contributed by atoms with E-state index >= 15 is 0 Å². The summed E-state index contributed by atoms with van der Waals surface area (Å²) < 4.78 is 6.07. The summed E-state index contributed by atoms with van der Waals surface area (Å²) in [4.78, 5) is 9.45. The highest BCUT2D eigenvalue weighted by atomic mass is 35.5. The molecule has 4 aliphatic rings. The fraction of sp³-hybridized carbons (Fsp3) is 0.303. The summed E-state index contributed by atoms with van der Waals surface area (Å²) in [5, 5.41) is 12.6. The molecule has 3 atom stereocenters. The minimum atomic E-state index is -0.586. The molecular formula is C33H38ClN3O2S3. The number of aliphatic hydroxyl groups excluding tert-OH is 1. The van der Waals surface area contributed by atoms with E-state index in [1.54, 1.807) is 6.20 Å². The number of nitrogens with zero attached hydrogens (tertiary/aromatic N) is 3. The average Bonchev–Trinajstić information content (AvgIpc) is 3.30. The van der Waals surface area contributed by atoms with Crippen LogP contribution in [0.25, 0.3) is 22.0 Å². The van der Waals surface area contributed by atoms with Gasteiger partial charge < -0.3 is 14.7 Å². The Hall–Kier alpha value is -2.33. The molecule has 1 aliphatic carbocycles. The second-order valence-electron chi connectivity index (χ2n) is 11.0. The second-order valence-corrected chi connectivity index (χ2v) is 11.4. The van der Waals surface area contributed by atoms with Crippen LogP contribution in [0.15, 0.2) is 85.1 Å². The van der Waals surface area contributed by atoms with Crippen LogP contribution in [-0.4, -0.2) is 59.4 Å². The summed E-state index contributed by atoms with van der Waals surface area (Å²) in [6.45, 7) is 2.72. The van der Waals surface area contributed by atoms with Crippen LogP contribution in [-0.2, 0) is 6.42 Å². The summed E-state index contributed by atoms with van der Waals surface area (Å²) in [5.74, 6) is 0.720. The lowest BCUT2D eigenvalue weighted by molar-refractivity contribution is 0.0408. The molecule has 4 heterocycles. The minimum absolute atomic E-state index is 0. The van der Waals surface area contributed by atoms with Crippen molar-refractivity contribution in [1.29, 1.82) is 0 Å². The lowest BCUT2D eigenvalue weighted by Gasteiger charge is -2.49. The third-order valence-corrected chi connectivity index (χ3v) is 8.68. The number of anilines is 1. The molecule has 0 amide bonds. The molecule has 0 spiro atoms. The van der Waals surface area contributed by atoms with Crippen LogP contribution < -0.4 is 9.64 Å². The molecule has 8 rings (SSSR count). The molecule has 1 fully saturated rings. The van der Waals surface area contributed by atoms with Crippen molar-refractivity contribution in [3.05, 3.63) is 101 Å². The van der Waals surface area contributed by atoms with E-state index in [9.17, 15) is 5.11 Å². The number of hydrogen-bond donors (Lipinski definition) is 1. The monoisotopic (exact) mass is 639 g/mol. The first-order valence-electron chi connectivity index (χ1n) is 13.8. The maximum atomic E-state index is 11.0. The van der Waals surface area contributed by atoms with Gasteiger partial charge in [0.2, 0.25) is 0 Å². The number of aromatic nitrogens is 1. The van der Waals surface area contributed by atoms with Crippen molar-refractivity contribution in [2.75, 3.05) is 31.1 Å². The highest BCUT2D eigenvalue weighted by Crippen LogP contribution is 2.39. The van der Waals surface area contributed by atoms with E-state index in [1.807, 2.05) is 24.3 Å². The number of benzene rings is 3. The highest BCUT2D eigenvalue weighted by molar-refractivity contribution is 7.59. The fourth-order valence-electron chi connectivity index (χ4n) is 6.52. The molecule has 222 valence electrons. The molecule has 0 saturated carbocycles. The van der Waals surface area contributed by atoms with Crippen molar-refractivity contribution in [3.8, 4) is 16.9 Å². The summed E-state index contributed by atoms with van der Waals surface area (Å²) >= 11 is 6.12. The van der Waals surface area contributed by atoms with Gasteiger partial charge in [-0.25, -0.2) is 0 Å². The zero-order chi connectivity index (χ0) is 26.3. The van der Waals surface area contributed by atoms with Gasteiger partial charge in [0.05, 0.1) is 5.52 Å². The number of fused-ring (bicyclic) bond motifs is 8. The van der Waals surface area contributed by atoms with E-state index in [1.165, 1.54) is 27.9 Å². The van der Waals surface area contributed by atoms with Crippen LogP contribution in [0.4, 0.5) is 5.69 Å². The van der Waals surface area contributed by atoms with Gasteiger partial charge in [-0.05, 0) is 77.9 Å². The SMILES string of the molecule is O[C@H](COc1ccnc2cc(Cl)ccc12)CN1C[C@@H]2C/C=C\C[C@H]1CN2c1ccc2c(c1)Cc1ccccc1-2.S.S.S. The first-order valence-corrected chi connectivity index (χ1v) is 14.2. The molecule has 3 aliphatic heterocycles. The Bertz CT molecular complexity index is 1570. The van der Waals surface area contributed by atoms with Crippen molar-refractivity contribution < 1.29 is 9.84 Å². The van der Waals surface area contributed by atoms with Gasteiger partial charge in [0.15, 0.2) is 0 Å². The van der Waals surface area contributed by atoms with E-state index in [0.717, 1.165) is 49.0 Å². The largest absolute Gasteiger partial charge is 0.490 e. The molecule has 0 radical (unpaired) electrons. The van der Waals surface area contributed by atoms with Gasteiger partial charge in [-0.1, -0.05) is 54.1 Å². The Morgan fingerprint density at radius 3 is 2.52 bits per heavy atom. The number of pyridine rings is 1. The van der Waals surface area contributed by atoms with Crippen molar-refractivity contribution in [1.82, 2.24) is 9.88 Å². The molecule has 1 N–H and O–H groups in total. The van der Waals surface area contributed by atoms with Crippen molar-refractivity contribution in [3.63, 3.8) is 0 Å². The third kappa shape index (κ3) is 6.44. The highest BCUT2D eigenvalue weighted by Gasteiger charge is 2.35. The summed E-state index contributed by atoms with van der Waals surface area (Å²) in [6.07, 6.45) is 8.80. The molecular weight excluding hydrogens is 602 g/mol. The molecule has 1 aromatic heterocycles. The van der Waals surface area contributed by atoms with Crippen molar-refractivity contribution in [2.24, 2.45) is 0 Å². The van der Waals surface area contributed by atoms with Crippen LogP contribution in [0.5, 0.6) is 5.75 Å². The van der Waals surface area contributed by atoms with Crippen LogP contribution in [0.3, 0.4) is 0 Å². The summed E-state index contributed by atoms with van der Waals surface area (Å²) in [7, 11) is 0. The van der Waals surface area contributed by atoms with Crippen LogP contribution in [0.1, 0.15) is 24.0 Å². The average molecular weight is 640 g/mol. The zero-order valence-electron chi connectivity index (χ0n) is 23.3. The number of rotatable bonds is 6. The standard InChI is InChI=1S/C33H32ClN3O2.3H2S/c34-24-9-11-31-32(17-24)35-14-13-33(31)39-21-28(38)20-36-18-27-7-3-2-6-26(36)19-37(27)25-10-12-30-23(16-25)15-22-5-1-4-8-29(22)30;;;/h1-5,8-14,16-17,26-28,38H,6-7,15,18-21H2;3*1H2/b3-2-;;;/t26-,27-,28-;;;/m0.../s1. The fourth-order valence-corrected chi connectivity index (χ4v) is 6.69. The van der Waals surface area contributed by atoms with Gasteiger partial charge in [-0.15, -0.1) is 0 Å². The number of ether oxygens (including phenoxy) is 1. The molecule has 4 aromatic rings. The van der Waals surface area contributed by atoms with Gasteiger partial charge >= 0.3 is 0 Å². The lowest BCUT2D eigenvalue weighted by Crippen LogP contribution is -2.60. The van der Waals surface area contributed by atoms with Gasteiger partial charge in [-0.3, -0.25) is 9.88 Å². The van der Waals surface area contributed by atoms with E-state index in [4.69, 9.17) is 16.3 Å². The van der Waals surface area contributed by atoms with Gasteiger partial charge in [0, 0.05) is 54.0 Å². The Morgan fingerprint density at radius 2 is 1.67 bits per heavy atom. The van der Waals surface area contributed by atoms with Crippen molar-refractivity contribution >= 4 is 68.7 Å². The molecule has 2 bridgehead atoms. The Balaban J connectivity index is 0.00000135. The van der Waals surface area contributed by atoms with Gasteiger partial charge in [-0.2, -0.15) is 40.5 Å². The van der Waals surface area contributed by atoms with E-state index in [0.29, 0.717) is 23.7 Å². The summed E-state index contributed by atoms with van der Waals surface area (Å²) in [6, 6.07) is 23.9. The van der Waals surface area contributed by atoms with E-state index in [2.05, 4.69) is 69.4 Å². The third-order valence-electron chi connectivity index (χ3n) is 8.44. The number of halogens is 1. The summed E-state index contributed by atoms with van der Waals surface area (Å²) in [5.41, 5.74) is 7.71. The molecule has 9 heteroatoms. The second kappa shape index (κ2) is 14.0. The molecule has 0 unspecified atom stereocenters. The Morgan fingerprint density at radius 1 is 0.881 bits per heavy atom. The Labute approximate surface area is 273 Å². The van der Waals surface area contributed by atoms with Crippen LogP contribution >= 0.6 is 52.1 Å². The zero-order valence-corrected chi connectivity index (χ0v) is 27.1. The van der Waals surface area contributed by atoms with Crippen LogP contribution in [0.2, 0.25) is 5.02 Å². The maximum Gasteiger partial charge on any atom is 0.130 e. The normalized spacial score (nSPS) is 20.2. The number of hydrogen-bond acceptors (Lipinski definition) is 5. The number of aliphatic hydroxyl groups is 1. The predicted molar refractivity (Wildman–Crippen MR) is 189 cm³/mol.